The van der Waals surface area contributed by atoms with Gasteiger partial charge in [-0.15, -0.1) is 0 Å². The Morgan fingerprint density at radius 1 is 1.08 bits per heavy atom. The fourth-order valence-electron chi connectivity index (χ4n) is 4.89. The van der Waals surface area contributed by atoms with Crippen molar-refractivity contribution in [3.8, 4) is 5.75 Å². The summed E-state index contributed by atoms with van der Waals surface area (Å²) in [6.45, 7) is 9.46. The molecule has 0 bridgehead atoms. The van der Waals surface area contributed by atoms with Crippen molar-refractivity contribution in [1.82, 2.24) is 20.7 Å². The van der Waals surface area contributed by atoms with E-state index in [-0.39, 0.29) is 36.4 Å². The number of aliphatic carboxylic acids is 1. The average Bonchev–Trinajstić information content (AvgIpc) is 2.92. The van der Waals surface area contributed by atoms with Crippen molar-refractivity contribution in [2.75, 3.05) is 39.3 Å². The van der Waals surface area contributed by atoms with Crippen LogP contribution in [0.4, 0.5) is 0 Å². The summed E-state index contributed by atoms with van der Waals surface area (Å²) >= 11 is 0. The van der Waals surface area contributed by atoms with Gasteiger partial charge in [-0.3, -0.25) is 19.2 Å². The number of imide groups is 1. The summed E-state index contributed by atoms with van der Waals surface area (Å²) in [7, 11) is 0. The van der Waals surface area contributed by atoms with E-state index in [4.69, 9.17) is 9.84 Å². The number of nitrogens with one attached hydrogen (secondary N) is 2. The first-order valence-electron chi connectivity index (χ1n) is 14.1. The first-order chi connectivity index (χ1) is 18.5. The quantitative estimate of drug-likeness (QED) is 0.286. The molecular formula is C29H44N4O6. The number of amides is 3. The predicted octanol–water partition coefficient (Wildman–Crippen LogP) is 3.08. The number of nitrogens with zero attached hydrogens (tertiary/aromatic N) is 2. The highest BCUT2D eigenvalue weighted by molar-refractivity contribution is 6.05. The summed E-state index contributed by atoms with van der Waals surface area (Å²) in [4.78, 5) is 52.7. The van der Waals surface area contributed by atoms with E-state index in [9.17, 15) is 19.2 Å². The number of piperidine rings is 2. The van der Waals surface area contributed by atoms with Crippen molar-refractivity contribution in [1.29, 1.82) is 0 Å². The zero-order valence-corrected chi connectivity index (χ0v) is 23.5. The van der Waals surface area contributed by atoms with Crippen molar-refractivity contribution in [2.45, 2.75) is 65.7 Å². The summed E-state index contributed by atoms with van der Waals surface area (Å²) in [5, 5.41) is 13.3. The van der Waals surface area contributed by atoms with E-state index >= 15 is 0 Å². The monoisotopic (exact) mass is 544 g/mol. The van der Waals surface area contributed by atoms with Crippen LogP contribution in [-0.2, 0) is 14.4 Å². The van der Waals surface area contributed by atoms with Gasteiger partial charge in [0.15, 0.2) is 0 Å². The normalized spacial score (nSPS) is 18.4. The topological polar surface area (TPSA) is 128 Å². The largest absolute Gasteiger partial charge is 0.493 e. The molecule has 0 spiro atoms. The maximum absolute atomic E-state index is 13.6. The van der Waals surface area contributed by atoms with Crippen LogP contribution < -0.4 is 15.5 Å². The number of hydrazine groups is 1. The van der Waals surface area contributed by atoms with Gasteiger partial charge in [0.2, 0.25) is 11.8 Å². The molecule has 10 heteroatoms. The van der Waals surface area contributed by atoms with Gasteiger partial charge in [0.05, 0.1) is 18.9 Å². The SMILES string of the molecule is CC(C)(C)COc1ccc(C(=O)N(NCCC(=O)O)C(=O)[C@@H]2CCCN(C(=O)CCC3CCNCC3)C2)cc1. The van der Waals surface area contributed by atoms with Gasteiger partial charge in [0, 0.05) is 31.6 Å². The maximum atomic E-state index is 13.6. The minimum atomic E-state index is -1.04. The molecule has 0 saturated carbocycles. The summed E-state index contributed by atoms with van der Waals surface area (Å²) in [6, 6.07) is 6.55. The first-order valence-corrected chi connectivity index (χ1v) is 14.1. The number of carboxylic acids is 1. The number of likely N-dealkylation sites (tertiary alicyclic amines) is 1. The minimum Gasteiger partial charge on any atom is -0.493 e. The molecule has 2 aliphatic rings. The average molecular weight is 545 g/mol. The zero-order valence-electron chi connectivity index (χ0n) is 23.5. The molecule has 3 amide bonds. The van der Waals surface area contributed by atoms with E-state index in [0.717, 1.165) is 37.4 Å². The molecule has 39 heavy (non-hydrogen) atoms. The van der Waals surface area contributed by atoms with Crippen LogP contribution in [0.3, 0.4) is 0 Å². The third kappa shape index (κ3) is 9.93. The molecule has 2 fully saturated rings. The summed E-state index contributed by atoms with van der Waals surface area (Å²) in [5.74, 6) is -1.38. The Morgan fingerprint density at radius 3 is 2.41 bits per heavy atom. The summed E-state index contributed by atoms with van der Waals surface area (Å²) in [6.07, 6.45) is 4.46. The van der Waals surface area contributed by atoms with Gasteiger partial charge in [0.25, 0.3) is 5.91 Å². The van der Waals surface area contributed by atoms with Crippen molar-refractivity contribution in [3.63, 3.8) is 0 Å². The molecule has 0 radical (unpaired) electrons. The second kappa shape index (κ2) is 14.4. The van der Waals surface area contributed by atoms with Crippen LogP contribution in [0.2, 0.25) is 0 Å². The third-order valence-electron chi connectivity index (χ3n) is 7.15. The molecule has 3 rings (SSSR count). The van der Waals surface area contributed by atoms with Gasteiger partial charge < -0.3 is 20.1 Å². The Bertz CT molecular complexity index is 984. The van der Waals surface area contributed by atoms with Gasteiger partial charge >= 0.3 is 5.97 Å². The highest BCUT2D eigenvalue weighted by Crippen LogP contribution is 2.24. The van der Waals surface area contributed by atoms with Gasteiger partial charge in [-0.1, -0.05) is 20.8 Å². The van der Waals surface area contributed by atoms with E-state index in [1.54, 1.807) is 29.2 Å². The Morgan fingerprint density at radius 2 is 1.77 bits per heavy atom. The highest BCUT2D eigenvalue weighted by atomic mass is 16.5. The molecular weight excluding hydrogens is 500 g/mol. The smallest absolute Gasteiger partial charge is 0.304 e. The standard InChI is InChI=1S/C29H44N4O6/c1-29(2,3)20-39-24-9-7-22(8-10-24)27(37)33(31-17-14-26(35)36)28(38)23-5-4-18-32(19-23)25(34)11-6-21-12-15-30-16-13-21/h7-10,21,23,30-31H,4-6,11-20H2,1-3H3,(H,35,36)/t23-/m1/s1. The minimum absolute atomic E-state index is 0.0195. The Balaban J connectivity index is 1.65. The predicted molar refractivity (Wildman–Crippen MR) is 147 cm³/mol. The van der Waals surface area contributed by atoms with Gasteiger partial charge in [-0.2, -0.15) is 0 Å². The van der Waals surface area contributed by atoms with Crippen molar-refractivity contribution in [2.24, 2.45) is 17.3 Å². The Kier molecular flexibility index (Phi) is 11.3. The molecule has 1 aromatic carbocycles. The van der Waals surface area contributed by atoms with Crippen LogP contribution in [-0.4, -0.2) is 78.0 Å². The van der Waals surface area contributed by atoms with E-state index in [2.05, 4.69) is 31.5 Å². The van der Waals surface area contributed by atoms with Gasteiger partial charge in [-0.25, -0.2) is 10.4 Å². The Hall–Kier alpha value is -2.98. The van der Waals surface area contributed by atoms with E-state index in [0.29, 0.717) is 44.1 Å². The fourth-order valence-corrected chi connectivity index (χ4v) is 4.89. The molecule has 0 aromatic heterocycles. The molecule has 10 nitrogen and oxygen atoms in total. The molecule has 216 valence electrons. The lowest BCUT2D eigenvalue weighted by molar-refractivity contribution is -0.142. The maximum Gasteiger partial charge on any atom is 0.304 e. The summed E-state index contributed by atoms with van der Waals surface area (Å²) in [5.41, 5.74) is 2.99. The molecule has 1 atom stereocenters. The van der Waals surface area contributed by atoms with Crippen molar-refractivity contribution < 1.29 is 29.0 Å². The first kappa shape index (κ1) is 30.6. The number of carbonyl (C=O) groups excluding carboxylic acids is 3. The molecule has 0 aliphatic carbocycles. The van der Waals surface area contributed by atoms with Crippen LogP contribution >= 0.6 is 0 Å². The van der Waals surface area contributed by atoms with E-state index in [1.807, 2.05) is 0 Å². The van der Waals surface area contributed by atoms with Gasteiger partial charge in [0.1, 0.15) is 5.75 Å². The number of hydrogen-bond acceptors (Lipinski definition) is 7. The number of carbonyl (C=O) groups is 4. The number of carboxylic acid groups (broad SMARTS) is 1. The number of hydrogen-bond donors (Lipinski definition) is 3. The second-order valence-electron chi connectivity index (χ2n) is 11.8. The third-order valence-corrected chi connectivity index (χ3v) is 7.15. The van der Waals surface area contributed by atoms with Crippen LogP contribution in [0.25, 0.3) is 0 Å². The molecule has 2 aliphatic heterocycles. The van der Waals surface area contributed by atoms with Crippen LogP contribution in [0.5, 0.6) is 5.75 Å². The summed E-state index contributed by atoms with van der Waals surface area (Å²) < 4.78 is 5.78. The van der Waals surface area contributed by atoms with Crippen LogP contribution in [0.15, 0.2) is 24.3 Å². The van der Waals surface area contributed by atoms with Gasteiger partial charge in [-0.05, 0) is 80.8 Å². The molecule has 2 heterocycles. The molecule has 2 saturated heterocycles. The second-order valence-corrected chi connectivity index (χ2v) is 11.8. The number of ether oxygens (including phenoxy) is 1. The van der Waals surface area contributed by atoms with Crippen molar-refractivity contribution >= 4 is 23.7 Å². The van der Waals surface area contributed by atoms with Crippen LogP contribution in [0, 0.1) is 17.3 Å². The van der Waals surface area contributed by atoms with E-state index < -0.39 is 23.7 Å². The molecule has 3 N–H and O–H groups in total. The Labute approximate surface area is 231 Å². The molecule has 1 aromatic rings. The lowest BCUT2D eigenvalue weighted by Crippen LogP contribution is -2.53. The lowest BCUT2D eigenvalue weighted by atomic mass is 9.92. The zero-order chi connectivity index (χ0) is 28.4. The van der Waals surface area contributed by atoms with E-state index in [1.165, 1.54) is 0 Å². The lowest BCUT2D eigenvalue weighted by Gasteiger charge is -2.35. The number of benzene rings is 1. The fraction of sp³-hybridized carbons (Fsp3) is 0.655. The van der Waals surface area contributed by atoms with Crippen molar-refractivity contribution in [3.05, 3.63) is 29.8 Å². The number of rotatable bonds is 11. The molecule has 0 unspecified atom stereocenters. The van der Waals surface area contributed by atoms with Crippen LogP contribution in [0.1, 0.15) is 76.1 Å². The highest BCUT2D eigenvalue weighted by Gasteiger charge is 2.34.